The molecule has 1 atom stereocenters. The zero-order chi connectivity index (χ0) is 15.4. The number of aliphatic hydroxyl groups is 1. The highest BCUT2D eigenvalue weighted by Crippen LogP contribution is 2.21. The third-order valence-electron chi connectivity index (χ3n) is 4.01. The predicted octanol–water partition coefficient (Wildman–Crippen LogP) is 0.896. The van der Waals surface area contributed by atoms with Crippen LogP contribution in [0.3, 0.4) is 0 Å². The fourth-order valence-corrected chi connectivity index (χ4v) is 2.98. The Hall–Kier alpha value is -1.40. The maximum Gasteiger partial charge on any atom is 0.222 e. The number of aromatic nitrogens is 2. The second-order valence-corrected chi connectivity index (χ2v) is 6.20. The molecule has 0 bridgehead atoms. The van der Waals surface area contributed by atoms with Crippen LogP contribution in [0.4, 0.5) is 11.8 Å². The summed E-state index contributed by atoms with van der Waals surface area (Å²) >= 11 is 0. The number of rotatable bonds is 5. The van der Waals surface area contributed by atoms with Crippen molar-refractivity contribution in [1.82, 2.24) is 14.9 Å². The zero-order valence-electron chi connectivity index (χ0n) is 13.3. The first-order chi connectivity index (χ1) is 9.94. The van der Waals surface area contributed by atoms with Gasteiger partial charge in [-0.3, -0.25) is 0 Å². The van der Waals surface area contributed by atoms with E-state index >= 15 is 0 Å². The number of nitrogens with zero attached hydrogens (tertiary/aromatic N) is 4. The monoisotopic (exact) mass is 293 g/mol. The lowest BCUT2D eigenvalue weighted by atomic mass is 9.96. The molecule has 0 saturated carbocycles. The predicted molar refractivity (Wildman–Crippen MR) is 85.3 cm³/mol. The Balaban J connectivity index is 1.85. The normalized spacial score (nSPS) is 18.7. The molecule has 2 rings (SSSR count). The zero-order valence-corrected chi connectivity index (χ0v) is 13.3. The Kier molecular flexibility index (Phi) is 5.36. The average molecular weight is 293 g/mol. The second kappa shape index (κ2) is 7.04. The maximum absolute atomic E-state index is 9.44. The van der Waals surface area contributed by atoms with E-state index in [1.807, 2.05) is 19.9 Å². The van der Waals surface area contributed by atoms with Gasteiger partial charge in [-0.1, -0.05) is 0 Å². The third-order valence-corrected chi connectivity index (χ3v) is 4.01. The number of aryl methyl sites for hydroxylation is 1. The van der Waals surface area contributed by atoms with Gasteiger partial charge < -0.3 is 20.6 Å². The number of β-amino-alcohol motifs (C(OH)–C–C–N with tert-alkyl or cyclic N) is 1. The summed E-state index contributed by atoms with van der Waals surface area (Å²) in [5.41, 5.74) is 6.61. The van der Waals surface area contributed by atoms with Crippen molar-refractivity contribution in [3.63, 3.8) is 0 Å². The molecule has 0 aromatic carbocycles. The number of hydrogen-bond acceptors (Lipinski definition) is 6. The lowest BCUT2D eigenvalue weighted by Crippen LogP contribution is -2.40. The van der Waals surface area contributed by atoms with Crippen molar-refractivity contribution in [2.45, 2.75) is 32.8 Å². The molecule has 1 fully saturated rings. The first-order valence-electron chi connectivity index (χ1n) is 7.66. The van der Waals surface area contributed by atoms with Gasteiger partial charge in [0.2, 0.25) is 5.95 Å². The summed E-state index contributed by atoms with van der Waals surface area (Å²) in [5.74, 6) is 1.90. The van der Waals surface area contributed by atoms with Crippen LogP contribution in [0.25, 0.3) is 0 Å². The van der Waals surface area contributed by atoms with Crippen LogP contribution in [0.15, 0.2) is 6.07 Å². The van der Waals surface area contributed by atoms with Crippen LogP contribution < -0.4 is 10.6 Å². The molecule has 6 nitrogen and oxygen atoms in total. The number of nitrogens with two attached hydrogens (primary N) is 1. The van der Waals surface area contributed by atoms with Gasteiger partial charge >= 0.3 is 0 Å². The summed E-state index contributed by atoms with van der Waals surface area (Å²) < 4.78 is 0. The minimum absolute atomic E-state index is 0.240. The largest absolute Gasteiger partial charge is 0.392 e. The summed E-state index contributed by atoms with van der Waals surface area (Å²) in [6, 6.07) is 1.97. The van der Waals surface area contributed by atoms with Crippen LogP contribution in [-0.2, 0) is 0 Å². The van der Waals surface area contributed by atoms with Crippen molar-refractivity contribution in [3.05, 3.63) is 11.8 Å². The van der Waals surface area contributed by atoms with E-state index in [1.54, 1.807) is 0 Å². The summed E-state index contributed by atoms with van der Waals surface area (Å²) in [7, 11) is 2.06. The molecule has 0 aliphatic carbocycles. The van der Waals surface area contributed by atoms with Gasteiger partial charge in [0.25, 0.3) is 0 Å². The van der Waals surface area contributed by atoms with Crippen molar-refractivity contribution in [2.24, 2.45) is 5.92 Å². The third kappa shape index (κ3) is 4.82. The molecule has 6 heteroatoms. The number of likely N-dealkylation sites (tertiary alicyclic amines) is 1. The number of aliphatic hydroxyl groups excluding tert-OH is 1. The number of piperidine rings is 1. The Labute approximate surface area is 127 Å². The van der Waals surface area contributed by atoms with Crippen LogP contribution in [0, 0.1) is 12.8 Å². The van der Waals surface area contributed by atoms with E-state index in [0.29, 0.717) is 11.9 Å². The van der Waals surface area contributed by atoms with Gasteiger partial charge in [-0.05, 0) is 45.7 Å². The highest BCUT2D eigenvalue weighted by atomic mass is 16.3. The summed E-state index contributed by atoms with van der Waals surface area (Å²) in [6.07, 6.45) is 2.09. The van der Waals surface area contributed by atoms with Gasteiger partial charge in [0.15, 0.2) is 0 Å². The molecule has 1 aliphatic rings. The van der Waals surface area contributed by atoms with Crippen LogP contribution in [0.1, 0.15) is 25.5 Å². The molecule has 0 amide bonds. The van der Waals surface area contributed by atoms with Crippen LogP contribution in [0.2, 0.25) is 0 Å². The molecule has 1 aromatic heterocycles. The molecular formula is C15H27N5O. The van der Waals surface area contributed by atoms with Crippen molar-refractivity contribution < 1.29 is 5.11 Å². The van der Waals surface area contributed by atoms with Gasteiger partial charge in [-0.25, -0.2) is 4.98 Å². The fraction of sp³-hybridized carbons (Fsp3) is 0.733. The highest BCUT2D eigenvalue weighted by molar-refractivity contribution is 5.42. The lowest BCUT2D eigenvalue weighted by Gasteiger charge is -2.34. The van der Waals surface area contributed by atoms with Gasteiger partial charge in [0.05, 0.1) is 6.10 Å². The molecule has 3 N–H and O–H groups in total. The Morgan fingerprint density at radius 2 is 2.10 bits per heavy atom. The molecule has 0 spiro atoms. The van der Waals surface area contributed by atoms with Gasteiger partial charge in [-0.15, -0.1) is 0 Å². The molecule has 1 aliphatic heterocycles. The second-order valence-electron chi connectivity index (χ2n) is 6.20. The lowest BCUT2D eigenvalue weighted by molar-refractivity contribution is 0.101. The Bertz CT molecular complexity index is 437. The Morgan fingerprint density at radius 1 is 1.43 bits per heavy atom. The molecule has 2 heterocycles. The van der Waals surface area contributed by atoms with E-state index in [-0.39, 0.29) is 6.10 Å². The minimum Gasteiger partial charge on any atom is -0.392 e. The van der Waals surface area contributed by atoms with Gasteiger partial charge in [0.1, 0.15) is 5.82 Å². The quantitative estimate of drug-likeness (QED) is 0.839. The smallest absolute Gasteiger partial charge is 0.222 e. The standard InChI is InChI=1S/C15H27N5O/c1-11-8-14(18-15(16)17-11)19(3)10-13-4-6-20(7-5-13)9-12(2)21/h8,12-13,21H,4-7,9-10H2,1-3H3,(H2,16,17,18)/t12-/m0/s1. The first-order valence-corrected chi connectivity index (χ1v) is 7.66. The molecule has 1 saturated heterocycles. The summed E-state index contributed by atoms with van der Waals surface area (Å²) in [6.45, 7) is 7.68. The molecular weight excluding hydrogens is 266 g/mol. The first kappa shape index (κ1) is 16.0. The van der Waals surface area contributed by atoms with E-state index in [1.165, 1.54) is 0 Å². The summed E-state index contributed by atoms with van der Waals surface area (Å²) in [5, 5.41) is 9.44. The van der Waals surface area contributed by atoms with E-state index in [4.69, 9.17) is 5.73 Å². The molecule has 0 unspecified atom stereocenters. The minimum atomic E-state index is -0.240. The van der Waals surface area contributed by atoms with Crippen molar-refractivity contribution >= 4 is 11.8 Å². The van der Waals surface area contributed by atoms with E-state index in [9.17, 15) is 5.11 Å². The average Bonchev–Trinajstić information content (AvgIpc) is 2.39. The van der Waals surface area contributed by atoms with Crippen molar-refractivity contribution in [2.75, 3.05) is 43.9 Å². The Morgan fingerprint density at radius 3 is 2.67 bits per heavy atom. The molecule has 0 radical (unpaired) electrons. The summed E-state index contributed by atoms with van der Waals surface area (Å²) in [4.78, 5) is 12.9. The maximum atomic E-state index is 9.44. The number of hydrogen-bond donors (Lipinski definition) is 2. The van der Waals surface area contributed by atoms with E-state index < -0.39 is 0 Å². The SMILES string of the molecule is Cc1cc(N(C)CC2CCN(C[C@H](C)O)CC2)nc(N)n1. The molecule has 118 valence electrons. The number of anilines is 2. The van der Waals surface area contributed by atoms with Crippen molar-refractivity contribution in [3.8, 4) is 0 Å². The van der Waals surface area contributed by atoms with E-state index in [2.05, 4.69) is 26.8 Å². The molecule has 1 aromatic rings. The highest BCUT2D eigenvalue weighted by Gasteiger charge is 2.21. The number of nitrogen functional groups attached to an aromatic ring is 1. The van der Waals surface area contributed by atoms with Gasteiger partial charge in [-0.2, -0.15) is 4.98 Å². The van der Waals surface area contributed by atoms with Crippen LogP contribution in [-0.4, -0.2) is 59.3 Å². The molecule has 21 heavy (non-hydrogen) atoms. The van der Waals surface area contributed by atoms with Gasteiger partial charge in [0, 0.05) is 31.9 Å². The van der Waals surface area contributed by atoms with Crippen LogP contribution >= 0.6 is 0 Å². The van der Waals surface area contributed by atoms with E-state index in [0.717, 1.165) is 50.5 Å². The van der Waals surface area contributed by atoms with Crippen LogP contribution in [0.5, 0.6) is 0 Å². The fourth-order valence-electron chi connectivity index (χ4n) is 2.98. The topological polar surface area (TPSA) is 78.5 Å². The van der Waals surface area contributed by atoms with Crippen molar-refractivity contribution in [1.29, 1.82) is 0 Å².